The number of nitrogens with one attached hydrogen (secondary N) is 1. The lowest BCUT2D eigenvalue weighted by Crippen LogP contribution is -2.31. The van der Waals surface area contributed by atoms with Crippen LogP contribution in [0.15, 0.2) is 18.6 Å². The zero-order chi connectivity index (χ0) is 12.7. The fourth-order valence-corrected chi connectivity index (χ4v) is 2.66. The predicted molar refractivity (Wildman–Crippen MR) is 70.4 cm³/mol. The molecule has 1 N–H and O–H groups in total. The molecule has 0 atom stereocenters. The first-order chi connectivity index (χ1) is 9.38. The summed E-state index contributed by atoms with van der Waals surface area (Å²) in [5.74, 6) is 2.74. The topological polar surface area (TPSA) is 57.7 Å². The van der Waals surface area contributed by atoms with Crippen LogP contribution in [0.1, 0.15) is 41.7 Å². The first-order valence-corrected chi connectivity index (χ1v) is 6.94. The van der Waals surface area contributed by atoms with Crippen LogP contribution in [-0.2, 0) is 19.5 Å². The molecule has 1 fully saturated rings. The summed E-state index contributed by atoms with van der Waals surface area (Å²) in [5, 5.41) is 0. The average molecular weight is 255 g/mol. The first-order valence-electron chi connectivity index (χ1n) is 6.94. The fourth-order valence-electron chi connectivity index (χ4n) is 2.66. The minimum Gasteiger partial charge on any atom is -0.348 e. The first kappa shape index (κ1) is 11.1. The zero-order valence-corrected chi connectivity index (χ0v) is 10.8. The molecule has 1 saturated carbocycles. The Labute approximate surface area is 112 Å². The maximum absolute atomic E-state index is 4.75. The van der Waals surface area contributed by atoms with Gasteiger partial charge in [-0.05, 0) is 12.8 Å². The molecule has 3 heterocycles. The third-order valence-corrected chi connectivity index (χ3v) is 3.90. The van der Waals surface area contributed by atoms with Crippen LogP contribution in [0.2, 0.25) is 0 Å². The molecule has 2 aromatic heterocycles. The van der Waals surface area contributed by atoms with Gasteiger partial charge in [0.1, 0.15) is 11.6 Å². The van der Waals surface area contributed by atoms with E-state index in [-0.39, 0.29) is 0 Å². The molecule has 98 valence electrons. The average Bonchev–Trinajstić information content (AvgIpc) is 3.17. The maximum atomic E-state index is 4.75. The lowest BCUT2D eigenvalue weighted by Gasteiger charge is -2.27. The Kier molecular flexibility index (Phi) is 2.58. The Morgan fingerprint density at radius 1 is 1.32 bits per heavy atom. The highest BCUT2D eigenvalue weighted by Gasteiger charge is 2.28. The Balaban J connectivity index is 1.50. The molecule has 5 heteroatoms. The highest BCUT2D eigenvalue weighted by atomic mass is 15.2. The molecule has 0 radical (unpaired) electrons. The second-order valence-electron chi connectivity index (χ2n) is 5.47. The SMILES string of the molecule is c1c[nH]c(CN2CCc3nc(C4CC4)ncc3C2)n1. The predicted octanol–water partition coefficient (Wildman–Crippen LogP) is 1.64. The number of nitrogens with zero attached hydrogens (tertiary/aromatic N) is 4. The molecule has 1 aliphatic carbocycles. The van der Waals surface area contributed by atoms with Crippen molar-refractivity contribution in [2.24, 2.45) is 0 Å². The van der Waals surface area contributed by atoms with Gasteiger partial charge in [0.05, 0.1) is 6.54 Å². The minimum absolute atomic E-state index is 0.645. The van der Waals surface area contributed by atoms with Gasteiger partial charge in [-0.25, -0.2) is 15.0 Å². The number of imidazole rings is 1. The Morgan fingerprint density at radius 3 is 3.05 bits per heavy atom. The smallest absolute Gasteiger partial charge is 0.131 e. The van der Waals surface area contributed by atoms with E-state index in [4.69, 9.17) is 4.98 Å². The van der Waals surface area contributed by atoms with E-state index in [0.29, 0.717) is 5.92 Å². The number of hydrogen-bond donors (Lipinski definition) is 1. The van der Waals surface area contributed by atoms with Gasteiger partial charge in [-0.15, -0.1) is 0 Å². The third kappa shape index (κ3) is 2.26. The van der Waals surface area contributed by atoms with Crippen molar-refractivity contribution in [3.05, 3.63) is 41.5 Å². The number of aromatic nitrogens is 4. The molecule has 0 bridgehead atoms. The van der Waals surface area contributed by atoms with Gasteiger partial charge in [0.15, 0.2) is 0 Å². The van der Waals surface area contributed by atoms with E-state index >= 15 is 0 Å². The van der Waals surface area contributed by atoms with Crippen molar-refractivity contribution in [1.82, 2.24) is 24.8 Å². The molecule has 0 unspecified atom stereocenters. The van der Waals surface area contributed by atoms with E-state index < -0.39 is 0 Å². The quantitative estimate of drug-likeness (QED) is 0.905. The van der Waals surface area contributed by atoms with Crippen LogP contribution in [0.4, 0.5) is 0 Å². The summed E-state index contributed by atoms with van der Waals surface area (Å²) in [7, 11) is 0. The molecule has 2 aliphatic rings. The molecule has 2 aromatic rings. The Hall–Kier alpha value is -1.75. The van der Waals surface area contributed by atoms with E-state index in [0.717, 1.165) is 37.7 Å². The lowest BCUT2D eigenvalue weighted by molar-refractivity contribution is 0.237. The molecule has 4 rings (SSSR count). The van der Waals surface area contributed by atoms with Crippen molar-refractivity contribution in [3.8, 4) is 0 Å². The molecular formula is C14H17N5. The van der Waals surface area contributed by atoms with Gasteiger partial charge in [-0.3, -0.25) is 4.90 Å². The van der Waals surface area contributed by atoms with Crippen molar-refractivity contribution >= 4 is 0 Å². The normalized spacial score (nSPS) is 19.4. The lowest BCUT2D eigenvalue weighted by atomic mass is 10.1. The summed E-state index contributed by atoms with van der Waals surface area (Å²) in [6.45, 7) is 2.85. The standard InChI is InChI=1S/C14H17N5/c1-2-10(1)14-17-7-11-8-19(6-3-12(11)18-14)9-13-15-4-5-16-13/h4-5,7,10H,1-3,6,8-9H2,(H,15,16). The van der Waals surface area contributed by atoms with Crippen molar-refractivity contribution in [2.45, 2.75) is 38.3 Å². The van der Waals surface area contributed by atoms with Gasteiger partial charge >= 0.3 is 0 Å². The van der Waals surface area contributed by atoms with Crippen molar-refractivity contribution < 1.29 is 0 Å². The van der Waals surface area contributed by atoms with Gasteiger partial charge in [0.25, 0.3) is 0 Å². The molecule has 0 amide bonds. The van der Waals surface area contributed by atoms with Crippen LogP contribution in [-0.4, -0.2) is 31.4 Å². The monoisotopic (exact) mass is 255 g/mol. The molecule has 19 heavy (non-hydrogen) atoms. The van der Waals surface area contributed by atoms with Crippen LogP contribution in [0.3, 0.4) is 0 Å². The molecule has 0 spiro atoms. The Morgan fingerprint density at radius 2 is 2.26 bits per heavy atom. The van der Waals surface area contributed by atoms with Gasteiger partial charge in [0, 0.05) is 55.3 Å². The van der Waals surface area contributed by atoms with Crippen molar-refractivity contribution in [2.75, 3.05) is 6.54 Å². The fraction of sp³-hybridized carbons (Fsp3) is 0.500. The third-order valence-electron chi connectivity index (χ3n) is 3.90. The summed E-state index contributed by atoms with van der Waals surface area (Å²) < 4.78 is 0. The highest BCUT2D eigenvalue weighted by molar-refractivity contribution is 5.22. The minimum atomic E-state index is 0.645. The van der Waals surface area contributed by atoms with Gasteiger partial charge < -0.3 is 4.98 Å². The number of fused-ring (bicyclic) bond motifs is 1. The van der Waals surface area contributed by atoms with E-state index in [9.17, 15) is 0 Å². The van der Waals surface area contributed by atoms with Crippen molar-refractivity contribution in [1.29, 1.82) is 0 Å². The summed E-state index contributed by atoms with van der Waals surface area (Å²) in [6, 6.07) is 0. The van der Waals surface area contributed by atoms with Crippen LogP contribution in [0.5, 0.6) is 0 Å². The summed E-state index contributed by atoms with van der Waals surface area (Å²) in [5.41, 5.74) is 2.54. The van der Waals surface area contributed by atoms with Crippen LogP contribution in [0.25, 0.3) is 0 Å². The summed E-state index contributed by atoms with van der Waals surface area (Å²) >= 11 is 0. The van der Waals surface area contributed by atoms with E-state index in [1.165, 1.54) is 24.1 Å². The van der Waals surface area contributed by atoms with Crippen LogP contribution >= 0.6 is 0 Å². The molecule has 1 aliphatic heterocycles. The van der Waals surface area contributed by atoms with Crippen LogP contribution in [0, 0.1) is 0 Å². The summed E-state index contributed by atoms with van der Waals surface area (Å²) in [6.07, 6.45) is 9.27. The molecular weight excluding hydrogens is 238 g/mol. The number of H-pyrrole nitrogens is 1. The Bertz CT molecular complexity index is 574. The summed E-state index contributed by atoms with van der Waals surface area (Å²) in [4.78, 5) is 19.1. The van der Waals surface area contributed by atoms with Gasteiger partial charge in [-0.2, -0.15) is 0 Å². The highest BCUT2D eigenvalue weighted by Crippen LogP contribution is 2.38. The van der Waals surface area contributed by atoms with E-state index in [2.05, 4.69) is 19.9 Å². The number of hydrogen-bond acceptors (Lipinski definition) is 4. The zero-order valence-electron chi connectivity index (χ0n) is 10.8. The maximum Gasteiger partial charge on any atom is 0.131 e. The second-order valence-corrected chi connectivity index (χ2v) is 5.47. The van der Waals surface area contributed by atoms with Crippen molar-refractivity contribution in [3.63, 3.8) is 0 Å². The van der Waals surface area contributed by atoms with Gasteiger partial charge in [0.2, 0.25) is 0 Å². The molecule has 0 aromatic carbocycles. The van der Waals surface area contributed by atoms with E-state index in [1.807, 2.05) is 12.4 Å². The second kappa shape index (κ2) is 4.42. The number of rotatable bonds is 3. The van der Waals surface area contributed by atoms with Gasteiger partial charge in [-0.1, -0.05) is 0 Å². The van der Waals surface area contributed by atoms with Crippen LogP contribution < -0.4 is 0 Å². The molecule has 0 saturated heterocycles. The van der Waals surface area contributed by atoms with E-state index in [1.54, 1.807) is 6.20 Å². The number of aromatic amines is 1. The largest absolute Gasteiger partial charge is 0.348 e. The molecule has 5 nitrogen and oxygen atoms in total.